The molecule has 0 aromatic heterocycles. The van der Waals surface area contributed by atoms with Gasteiger partial charge in [0.15, 0.2) is 6.61 Å². The van der Waals surface area contributed by atoms with Crippen molar-refractivity contribution in [2.45, 2.75) is 5.51 Å². The highest BCUT2D eigenvalue weighted by Gasteiger charge is 2.27. The van der Waals surface area contributed by atoms with Gasteiger partial charge in [0.05, 0.1) is 0 Å². The number of halogens is 3. The zero-order chi connectivity index (χ0) is 13.4. The molecular weight excluding hydrogens is 267 g/mol. The molecule has 3 nitrogen and oxygen atoms in total. The largest absolute Gasteiger partial charge is 0.484 e. The number of para-hydroxylation sites is 1. The maximum atomic E-state index is 11.8. The third-order valence-electron chi connectivity index (χ3n) is 1.80. The van der Waals surface area contributed by atoms with E-state index in [4.69, 9.17) is 4.74 Å². The van der Waals surface area contributed by atoms with Crippen LogP contribution in [-0.2, 0) is 4.79 Å². The zero-order valence-electron chi connectivity index (χ0n) is 9.37. The maximum Gasteiger partial charge on any atom is 0.441 e. The molecule has 18 heavy (non-hydrogen) atoms. The van der Waals surface area contributed by atoms with Gasteiger partial charge in [0.2, 0.25) is 0 Å². The predicted octanol–water partition coefficient (Wildman–Crippen LogP) is 2.43. The van der Waals surface area contributed by atoms with Crippen molar-refractivity contribution in [2.75, 3.05) is 18.9 Å². The molecule has 1 rings (SSSR count). The van der Waals surface area contributed by atoms with Crippen molar-refractivity contribution in [3.05, 3.63) is 30.3 Å². The second-order valence-electron chi connectivity index (χ2n) is 3.25. The van der Waals surface area contributed by atoms with Crippen molar-refractivity contribution in [1.82, 2.24) is 5.32 Å². The lowest BCUT2D eigenvalue weighted by Gasteiger charge is -2.08. The molecule has 1 N–H and O–H groups in total. The van der Waals surface area contributed by atoms with E-state index in [0.29, 0.717) is 5.75 Å². The summed E-state index contributed by atoms with van der Waals surface area (Å²) in [4.78, 5) is 11.2. The fourth-order valence-corrected chi connectivity index (χ4v) is 1.51. The third kappa shape index (κ3) is 7.05. The first-order valence-electron chi connectivity index (χ1n) is 5.12. The van der Waals surface area contributed by atoms with Gasteiger partial charge in [-0.05, 0) is 23.9 Å². The van der Waals surface area contributed by atoms with Gasteiger partial charge >= 0.3 is 5.51 Å². The molecule has 1 aromatic carbocycles. The Balaban J connectivity index is 2.11. The van der Waals surface area contributed by atoms with Gasteiger partial charge in [-0.25, -0.2) is 0 Å². The lowest BCUT2D eigenvalue weighted by atomic mass is 10.3. The molecular formula is C11H12F3NO2S. The van der Waals surface area contributed by atoms with Gasteiger partial charge < -0.3 is 10.1 Å². The van der Waals surface area contributed by atoms with Crippen molar-refractivity contribution < 1.29 is 22.7 Å². The van der Waals surface area contributed by atoms with Crippen LogP contribution in [-0.4, -0.2) is 30.3 Å². The number of hydrogen-bond donors (Lipinski definition) is 1. The first-order valence-corrected chi connectivity index (χ1v) is 6.11. The summed E-state index contributed by atoms with van der Waals surface area (Å²) in [6.07, 6.45) is 0. The fourth-order valence-electron chi connectivity index (χ4n) is 1.07. The zero-order valence-corrected chi connectivity index (χ0v) is 10.2. The Labute approximate surface area is 107 Å². The van der Waals surface area contributed by atoms with E-state index < -0.39 is 11.4 Å². The van der Waals surface area contributed by atoms with Crippen LogP contribution in [0.2, 0.25) is 0 Å². The van der Waals surface area contributed by atoms with E-state index >= 15 is 0 Å². The smallest absolute Gasteiger partial charge is 0.441 e. The first-order chi connectivity index (χ1) is 8.47. The number of rotatable bonds is 6. The van der Waals surface area contributed by atoms with Crippen molar-refractivity contribution in [3.8, 4) is 5.75 Å². The number of carbonyl (C=O) groups excluding carboxylic acids is 1. The van der Waals surface area contributed by atoms with E-state index in [9.17, 15) is 18.0 Å². The summed E-state index contributed by atoms with van der Waals surface area (Å²) in [6.45, 7) is -0.248. The van der Waals surface area contributed by atoms with Crippen LogP contribution in [0.5, 0.6) is 5.75 Å². The molecule has 1 aromatic rings. The van der Waals surface area contributed by atoms with Crippen molar-refractivity contribution >= 4 is 17.7 Å². The van der Waals surface area contributed by atoms with E-state index in [1.54, 1.807) is 30.3 Å². The average Bonchev–Trinajstić information content (AvgIpc) is 2.32. The van der Waals surface area contributed by atoms with Gasteiger partial charge in [0, 0.05) is 12.3 Å². The number of ether oxygens (including phenoxy) is 1. The summed E-state index contributed by atoms with van der Waals surface area (Å²) in [6, 6.07) is 8.70. The minimum absolute atomic E-state index is 0.0405. The molecule has 7 heteroatoms. The van der Waals surface area contributed by atoms with Crippen LogP contribution in [0.1, 0.15) is 0 Å². The number of amides is 1. The van der Waals surface area contributed by atoms with Gasteiger partial charge in [-0.15, -0.1) is 0 Å². The average molecular weight is 279 g/mol. The minimum Gasteiger partial charge on any atom is -0.484 e. The fraction of sp³-hybridized carbons (Fsp3) is 0.364. The van der Waals surface area contributed by atoms with Crippen LogP contribution in [0.25, 0.3) is 0 Å². The van der Waals surface area contributed by atoms with Gasteiger partial charge in [0.25, 0.3) is 5.91 Å². The second-order valence-corrected chi connectivity index (χ2v) is 4.41. The molecule has 0 aliphatic carbocycles. The Morgan fingerprint density at radius 1 is 1.28 bits per heavy atom. The summed E-state index contributed by atoms with van der Waals surface area (Å²) >= 11 is -0.166. The van der Waals surface area contributed by atoms with Crippen LogP contribution in [0.3, 0.4) is 0 Å². The Morgan fingerprint density at radius 2 is 1.94 bits per heavy atom. The molecule has 0 aliphatic rings. The highest BCUT2D eigenvalue weighted by Crippen LogP contribution is 2.29. The highest BCUT2D eigenvalue weighted by atomic mass is 32.2. The van der Waals surface area contributed by atoms with Gasteiger partial charge in [0.1, 0.15) is 5.75 Å². The summed E-state index contributed by atoms with van der Waals surface area (Å²) < 4.78 is 40.4. The maximum absolute atomic E-state index is 11.8. The second kappa shape index (κ2) is 7.15. The predicted molar refractivity (Wildman–Crippen MR) is 63.5 cm³/mol. The van der Waals surface area contributed by atoms with Gasteiger partial charge in [-0.2, -0.15) is 13.2 Å². The molecule has 0 spiro atoms. The van der Waals surface area contributed by atoms with E-state index in [2.05, 4.69) is 5.32 Å². The van der Waals surface area contributed by atoms with Crippen molar-refractivity contribution in [1.29, 1.82) is 0 Å². The Kier molecular flexibility index (Phi) is 5.84. The van der Waals surface area contributed by atoms with E-state index in [-0.39, 0.29) is 30.7 Å². The molecule has 0 aliphatic heterocycles. The molecule has 100 valence electrons. The summed E-state index contributed by atoms with van der Waals surface area (Å²) in [7, 11) is 0. The topological polar surface area (TPSA) is 38.3 Å². The molecule has 0 bridgehead atoms. The quantitative estimate of drug-likeness (QED) is 0.813. The number of carbonyl (C=O) groups is 1. The molecule has 0 saturated carbocycles. The standard InChI is InChI=1S/C11H12F3NO2S/c12-11(13,14)18-7-6-15-10(16)8-17-9-4-2-1-3-5-9/h1-5H,6-8H2,(H,15,16). The number of alkyl halides is 3. The lowest BCUT2D eigenvalue weighted by molar-refractivity contribution is -0.123. The normalized spacial score (nSPS) is 11.1. The monoisotopic (exact) mass is 279 g/mol. The first kappa shape index (κ1) is 14.7. The third-order valence-corrected chi connectivity index (χ3v) is 2.54. The molecule has 0 fully saturated rings. The molecule has 1 amide bonds. The van der Waals surface area contributed by atoms with Crippen molar-refractivity contribution in [3.63, 3.8) is 0 Å². The van der Waals surface area contributed by atoms with E-state index in [1.165, 1.54) is 0 Å². The summed E-state index contributed by atoms with van der Waals surface area (Å²) in [5.41, 5.74) is -4.26. The number of thioether (sulfide) groups is 1. The van der Waals surface area contributed by atoms with Crippen molar-refractivity contribution in [2.24, 2.45) is 0 Å². The highest BCUT2D eigenvalue weighted by molar-refractivity contribution is 8.00. The Morgan fingerprint density at radius 3 is 2.56 bits per heavy atom. The molecule has 0 saturated heterocycles. The van der Waals surface area contributed by atoms with Gasteiger partial charge in [-0.3, -0.25) is 4.79 Å². The number of benzene rings is 1. The van der Waals surface area contributed by atoms with Crippen LogP contribution < -0.4 is 10.1 Å². The van der Waals surface area contributed by atoms with Crippen LogP contribution in [0.15, 0.2) is 30.3 Å². The SMILES string of the molecule is O=C(COc1ccccc1)NCCSC(F)(F)F. The number of hydrogen-bond acceptors (Lipinski definition) is 3. The van der Waals surface area contributed by atoms with Gasteiger partial charge in [-0.1, -0.05) is 18.2 Å². The Hall–Kier alpha value is -1.37. The van der Waals surface area contributed by atoms with Crippen LogP contribution in [0, 0.1) is 0 Å². The van der Waals surface area contributed by atoms with E-state index in [1.807, 2.05) is 0 Å². The molecule has 0 unspecified atom stereocenters. The van der Waals surface area contributed by atoms with E-state index in [0.717, 1.165) is 0 Å². The minimum atomic E-state index is -4.26. The molecule has 0 heterocycles. The summed E-state index contributed by atoms with van der Waals surface area (Å²) in [5, 5.41) is 2.34. The lowest BCUT2D eigenvalue weighted by Crippen LogP contribution is -2.31. The number of nitrogens with one attached hydrogen (secondary N) is 1. The van der Waals surface area contributed by atoms with Crippen LogP contribution >= 0.6 is 11.8 Å². The Bertz CT molecular complexity index is 370. The summed E-state index contributed by atoms with van der Waals surface area (Å²) in [5.74, 6) is -0.112. The van der Waals surface area contributed by atoms with Crippen LogP contribution in [0.4, 0.5) is 13.2 Å². The molecule has 0 radical (unpaired) electrons. The molecule has 0 atom stereocenters.